The number of ether oxygens (including phenoxy) is 2. The van der Waals surface area contributed by atoms with Crippen molar-refractivity contribution in [2.24, 2.45) is 0 Å². The average molecular weight is 315 g/mol. The summed E-state index contributed by atoms with van der Waals surface area (Å²) in [5, 5.41) is 3.35. The molecule has 0 atom stereocenters. The van der Waals surface area contributed by atoms with E-state index in [-0.39, 0.29) is 5.82 Å². The van der Waals surface area contributed by atoms with Crippen LogP contribution >= 0.6 is 0 Å². The molecule has 0 bridgehead atoms. The van der Waals surface area contributed by atoms with Gasteiger partial charge in [0.15, 0.2) is 0 Å². The maximum Gasteiger partial charge on any atom is 0.126 e. The summed E-state index contributed by atoms with van der Waals surface area (Å²) >= 11 is 0. The van der Waals surface area contributed by atoms with Crippen molar-refractivity contribution in [3.8, 4) is 22.6 Å². The quantitative estimate of drug-likeness (QED) is 0.926. The highest BCUT2D eigenvalue weighted by Gasteiger charge is 2.18. The number of nitrogens with one attached hydrogen (secondary N) is 1. The average Bonchev–Trinajstić information content (AvgIpc) is 2.61. The summed E-state index contributed by atoms with van der Waals surface area (Å²) in [6.45, 7) is 1.97. The molecule has 1 heterocycles. The smallest absolute Gasteiger partial charge is 0.126 e. The molecule has 2 aromatic rings. The molecule has 2 aromatic carbocycles. The maximum atomic E-state index is 14.2. The SMILES string of the molecule is COc1ccc(OC)c(-c2cc(F)cc(C3CCNCC3)c2)c1. The molecule has 0 spiro atoms. The summed E-state index contributed by atoms with van der Waals surface area (Å²) in [6.07, 6.45) is 2.08. The van der Waals surface area contributed by atoms with Crippen LogP contribution in [-0.2, 0) is 0 Å². The topological polar surface area (TPSA) is 30.5 Å². The minimum Gasteiger partial charge on any atom is -0.497 e. The van der Waals surface area contributed by atoms with Crippen LogP contribution in [0.1, 0.15) is 24.3 Å². The van der Waals surface area contributed by atoms with Crippen LogP contribution in [0.5, 0.6) is 11.5 Å². The summed E-state index contributed by atoms with van der Waals surface area (Å²) in [5.74, 6) is 1.64. The van der Waals surface area contributed by atoms with E-state index in [1.165, 1.54) is 0 Å². The predicted molar refractivity (Wildman–Crippen MR) is 89.8 cm³/mol. The Balaban J connectivity index is 2.04. The van der Waals surface area contributed by atoms with E-state index in [0.717, 1.165) is 48.4 Å². The number of rotatable bonds is 4. The second-order valence-corrected chi connectivity index (χ2v) is 5.86. The number of halogens is 1. The lowest BCUT2D eigenvalue weighted by Crippen LogP contribution is -2.26. The van der Waals surface area contributed by atoms with E-state index in [1.54, 1.807) is 26.4 Å². The van der Waals surface area contributed by atoms with Crippen molar-refractivity contribution >= 4 is 0 Å². The van der Waals surface area contributed by atoms with Gasteiger partial charge in [-0.3, -0.25) is 0 Å². The van der Waals surface area contributed by atoms with E-state index < -0.39 is 0 Å². The zero-order valence-corrected chi connectivity index (χ0v) is 13.6. The van der Waals surface area contributed by atoms with Crippen LogP contribution in [0.3, 0.4) is 0 Å². The lowest BCUT2D eigenvalue weighted by molar-refractivity contribution is 0.404. The van der Waals surface area contributed by atoms with Crippen molar-refractivity contribution in [2.45, 2.75) is 18.8 Å². The van der Waals surface area contributed by atoms with Crippen molar-refractivity contribution < 1.29 is 13.9 Å². The van der Waals surface area contributed by atoms with Gasteiger partial charge in [0.1, 0.15) is 17.3 Å². The van der Waals surface area contributed by atoms with Gasteiger partial charge in [0.25, 0.3) is 0 Å². The number of methoxy groups -OCH3 is 2. The fourth-order valence-electron chi connectivity index (χ4n) is 3.20. The first-order valence-electron chi connectivity index (χ1n) is 7.95. The Hall–Kier alpha value is -2.07. The Bertz CT molecular complexity index is 681. The molecule has 1 N–H and O–H groups in total. The third kappa shape index (κ3) is 3.48. The van der Waals surface area contributed by atoms with Crippen LogP contribution in [0.4, 0.5) is 4.39 Å². The zero-order chi connectivity index (χ0) is 16.2. The lowest BCUT2D eigenvalue weighted by Gasteiger charge is -2.23. The van der Waals surface area contributed by atoms with Crippen molar-refractivity contribution in [3.63, 3.8) is 0 Å². The van der Waals surface area contributed by atoms with Gasteiger partial charge in [0, 0.05) is 5.56 Å². The predicted octanol–water partition coefficient (Wildman–Crippen LogP) is 3.98. The fraction of sp³-hybridized carbons (Fsp3) is 0.368. The van der Waals surface area contributed by atoms with Crippen molar-refractivity contribution in [1.29, 1.82) is 0 Å². The van der Waals surface area contributed by atoms with E-state index in [4.69, 9.17) is 9.47 Å². The summed E-state index contributed by atoms with van der Waals surface area (Å²) in [6, 6.07) is 10.9. The van der Waals surface area contributed by atoms with Gasteiger partial charge in [0.2, 0.25) is 0 Å². The van der Waals surface area contributed by atoms with Gasteiger partial charge >= 0.3 is 0 Å². The molecule has 0 aromatic heterocycles. The summed E-state index contributed by atoms with van der Waals surface area (Å²) in [5.41, 5.74) is 2.74. The third-order valence-corrected chi connectivity index (χ3v) is 4.45. The van der Waals surface area contributed by atoms with E-state index >= 15 is 0 Å². The molecular weight excluding hydrogens is 293 g/mol. The fourth-order valence-corrected chi connectivity index (χ4v) is 3.20. The number of hydrogen-bond acceptors (Lipinski definition) is 3. The molecule has 3 rings (SSSR count). The van der Waals surface area contributed by atoms with E-state index in [2.05, 4.69) is 11.4 Å². The van der Waals surface area contributed by atoms with Gasteiger partial charge in [-0.1, -0.05) is 6.07 Å². The normalized spacial score (nSPS) is 15.4. The van der Waals surface area contributed by atoms with Crippen LogP contribution in [0.2, 0.25) is 0 Å². The molecule has 1 fully saturated rings. The van der Waals surface area contributed by atoms with Crippen LogP contribution in [-0.4, -0.2) is 27.3 Å². The highest BCUT2D eigenvalue weighted by molar-refractivity contribution is 5.72. The molecular formula is C19H22FNO2. The van der Waals surface area contributed by atoms with Crippen LogP contribution in [0, 0.1) is 5.82 Å². The van der Waals surface area contributed by atoms with Gasteiger partial charge in [-0.25, -0.2) is 4.39 Å². The van der Waals surface area contributed by atoms with Crippen LogP contribution in [0.25, 0.3) is 11.1 Å². The maximum absolute atomic E-state index is 14.2. The lowest BCUT2D eigenvalue weighted by atomic mass is 9.88. The first-order valence-corrected chi connectivity index (χ1v) is 7.95. The number of benzene rings is 2. The Morgan fingerprint density at radius 3 is 2.48 bits per heavy atom. The highest BCUT2D eigenvalue weighted by atomic mass is 19.1. The Morgan fingerprint density at radius 1 is 1.00 bits per heavy atom. The van der Waals surface area contributed by atoms with Crippen molar-refractivity contribution in [2.75, 3.05) is 27.3 Å². The molecule has 122 valence electrons. The monoisotopic (exact) mass is 315 g/mol. The molecule has 0 unspecified atom stereocenters. The second kappa shape index (κ2) is 7.01. The van der Waals surface area contributed by atoms with Gasteiger partial charge in [-0.05, 0) is 73.3 Å². The molecule has 1 aliphatic heterocycles. The molecule has 1 aliphatic rings. The van der Waals surface area contributed by atoms with E-state index in [9.17, 15) is 4.39 Å². The van der Waals surface area contributed by atoms with Crippen LogP contribution in [0.15, 0.2) is 36.4 Å². The summed E-state index contributed by atoms with van der Waals surface area (Å²) in [7, 11) is 3.25. The number of piperidine rings is 1. The Morgan fingerprint density at radius 2 is 1.78 bits per heavy atom. The van der Waals surface area contributed by atoms with E-state index in [0.29, 0.717) is 11.7 Å². The third-order valence-electron chi connectivity index (χ3n) is 4.45. The van der Waals surface area contributed by atoms with Crippen LogP contribution < -0.4 is 14.8 Å². The Labute approximate surface area is 136 Å². The summed E-state index contributed by atoms with van der Waals surface area (Å²) < 4.78 is 24.9. The largest absolute Gasteiger partial charge is 0.497 e. The van der Waals surface area contributed by atoms with Crippen molar-refractivity contribution in [3.05, 3.63) is 47.8 Å². The van der Waals surface area contributed by atoms with Gasteiger partial charge in [0.05, 0.1) is 14.2 Å². The molecule has 0 aliphatic carbocycles. The minimum absolute atomic E-state index is 0.207. The first-order chi connectivity index (χ1) is 11.2. The summed E-state index contributed by atoms with van der Waals surface area (Å²) in [4.78, 5) is 0. The van der Waals surface area contributed by atoms with Gasteiger partial charge in [-0.2, -0.15) is 0 Å². The first kappa shape index (κ1) is 15.8. The minimum atomic E-state index is -0.207. The number of hydrogen-bond donors (Lipinski definition) is 1. The van der Waals surface area contributed by atoms with E-state index in [1.807, 2.05) is 18.2 Å². The van der Waals surface area contributed by atoms with Gasteiger partial charge < -0.3 is 14.8 Å². The molecule has 23 heavy (non-hydrogen) atoms. The Kier molecular flexibility index (Phi) is 4.82. The molecule has 1 saturated heterocycles. The molecule has 0 amide bonds. The second-order valence-electron chi connectivity index (χ2n) is 5.86. The van der Waals surface area contributed by atoms with Crippen molar-refractivity contribution in [1.82, 2.24) is 5.32 Å². The molecule has 3 nitrogen and oxygen atoms in total. The molecule has 0 saturated carbocycles. The molecule has 4 heteroatoms. The highest BCUT2D eigenvalue weighted by Crippen LogP contribution is 2.36. The standard InChI is InChI=1S/C19H22FNO2/c1-22-17-3-4-19(23-2)18(12-17)15-9-14(10-16(20)11-15)13-5-7-21-8-6-13/h3-4,9-13,21H,5-8H2,1-2H3. The zero-order valence-electron chi connectivity index (χ0n) is 13.6. The molecule has 0 radical (unpaired) electrons. The van der Waals surface area contributed by atoms with Gasteiger partial charge in [-0.15, -0.1) is 0 Å².